The number of benzene rings is 1. The van der Waals surface area contributed by atoms with Crippen molar-refractivity contribution in [2.75, 3.05) is 13.7 Å². The normalized spacial score (nSPS) is 24.7. The number of hydrogen-bond acceptors (Lipinski definition) is 11. The zero-order valence-electron chi connectivity index (χ0n) is 18.1. The molecule has 0 amide bonds. The Morgan fingerprint density at radius 1 is 1.06 bits per heavy atom. The van der Waals surface area contributed by atoms with E-state index in [4.69, 9.17) is 23.7 Å². The molecule has 0 aliphatic carbocycles. The summed E-state index contributed by atoms with van der Waals surface area (Å²) >= 11 is 1.16. The number of ether oxygens (including phenoxy) is 5. The van der Waals surface area contributed by atoms with E-state index in [0.29, 0.717) is 10.5 Å². The van der Waals surface area contributed by atoms with Crippen molar-refractivity contribution < 1.29 is 42.9 Å². The third-order valence-electron chi connectivity index (χ3n) is 4.39. The second-order valence-electron chi connectivity index (χ2n) is 6.80. The lowest BCUT2D eigenvalue weighted by Gasteiger charge is -2.43. The van der Waals surface area contributed by atoms with Gasteiger partial charge in [-0.15, -0.1) is 0 Å². The molecule has 0 radical (unpaired) electrons. The van der Waals surface area contributed by atoms with Gasteiger partial charge in [0, 0.05) is 25.7 Å². The van der Waals surface area contributed by atoms with Crippen LogP contribution < -0.4 is 0 Å². The number of hydrogen-bond donors (Lipinski definition) is 0. The Morgan fingerprint density at radius 3 is 2.28 bits per heavy atom. The number of carbonyl (C=O) groups is 4. The smallest absolute Gasteiger partial charge is 0.337 e. The van der Waals surface area contributed by atoms with E-state index in [0.717, 1.165) is 11.8 Å². The number of esters is 4. The van der Waals surface area contributed by atoms with Crippen molar-refractivity contribution in [3.63, 3.8) is 0 Å². The molecule has 1 aliphatic heterocycles. The van der Waals surface area contributed by atoms with Gasteiger partial charge in [0.15, 0.2) is 12.2 Å². The van der Waals surface area contributed by atoms with Crippen LogP contribution in [0.15, 0.2) is 34.2 Å². The van der Waals surface area contributed by atoms with E-state index in [2.05, 4.69) is 11.7 Å². The second kappa shape index (κ2) is 11.6. The van der Waals surface area contributed by atoms with Crippen LogP contribution in [0.25, 0.3) is 0 Å². The molecule has 1 aliphatic rings. The first-order chi connectivity index (χ1) is 15.2. The first kappa shape index (κ1) is 25.3. The van der Waals surface area contributed by atoms with Gasteiger partial charge in [0.05, 0.1) is 12.7 Å². The van der Waals surface area contributed by atoms with E-state index < -0.39 is 53.7 Å². The molecule has 1 heterocycles. The number of nitrogens with zero attached hydrogens (tertiary/aromatic N) is 1. The lowest BCUT2D eigenvalue weighted by Crippen LogP contribution is -2.59. The fraction of sp³-hybridized carbons (Fsp3) is 0.476. The molecule has 0 N–H and O–H groups in total. The molecular weight excluding hydrogens is 442 g/mol. The number of methoxy groups -OCH3 is 1. The highest BCUT2D eigenvalue weighted by molar-refractivity contribution is 7.99. The minimum Gasteiger partial charge on any atom is -0.465 e. The van der Waals surface area contributed by atoms with Gasteiger partial charge in [-0.1, -0.05) is 17.8 Å². The summed E-state index contributed by atoms with van der Waals surface area (Å²) in [5, 5.41) is 0. The largest absolute Gasteiger partial charge is 0.465 e. The van der Waals surface area contributed by atoms with Crippen molar-refractivity contribution in [1.82, 2.24) is 0 Å². The molecule has 10 nitrogen and oxygen atoms in total. The van der Waals surface area contributed by atoms with E-state index >= 15 is 0 Å². The van der Waals surface area contributed by atoms with E-state index in [-0.39, 0.29) is 6.61 Å². The fourth-order valence-electron chi connectivity index (χ4n) is 3.13. The lowest BCUT2D eigenvalue weighted by molar-refractivity contribution is -0.200. The average molecular weight is 467 g/mol. The van der Waals surface area contributed by atoms with Crippen LogP contribution in [-0.4, -0.2) is 74.1 Å². The van der Waals surface area contributed by atoms with Gasteiger partial charge >= 0.3 is 23.9 Å². The number of rotatable bonds is 8. The van der Waals surface area contributed by atoms with E-state index in [9.17, 15) is 19.2 Å². The van der Waals surface area contributed by atoms with Crippen molar-refractivity contribution in [1.29, 1.82) is 0 Å². The van der Waals surface area contributed by atoms with E-state index in [1.165, 1.54) is 27.9 Å². The van der Waals surface area contributed by atoms with Gasteiger partial charge in [0.25, 0.3) is 0 Å². The lowest BCUT2D eigenvalue weighted by atomic mass is 9.97. The fourth-order valence-corrected chi connectivity index (χ4v) is 4.30. The molecule has 32 heavy (non-hydrogen) atoms. The Bertz CT molecular complexity index is 875. The molecule has 1 saturated heterocycles. The Labute approximate surface area is 189 Å². The molecule has 0 spiro atoms. The quantitative estimate of drug-likeness (QED) is 0.317. The van der Waals surface area contributed by atoms with E-state index in [1.807, 2.05) is 0 Å². The Kier molecular flexibility index (Phi) is 9.21. The Hall–Kier alpha value is -2.92. The number of aliphatic imine (C=N–C) groups is 1. The van der Waals surface area contributed by atoms with Gasteiger partial charge < -0.3 is 23.7 Å². The maximum Gasteiger partial charge on any atom is 0.337 e. The molecule has 1 fully saturated rings. The summed E-state index contributed by atoms with van der Waals surface area (Å²) in [6.45, 7) is 7.01. The van der Waals surface area contributed by atoms with Crippen molar-refractivity contribution in [3.05, 3.63) is 29.8 Å². The van der Waals surface area contributed by atoms with Crippen LogP contribution in [0.2, 0.25) is 0 Å². The minimum atomic E-state index is -1.01. The van der Waals surface area contributed by atoms with Crippen molar-refractivity contribution in [3.8, 4) is 0 Å². The van der Waals surface area contributed by atoms with Crippen LogP contribution in [0.4, 0.5) is 0 Å². The molecule has 174 valence electrons. The molecule has 0 aromatic heterocycles. The highest BCUT2D eigenvalue weighted by atomic mass is 32.2. The van der Waals surface area contributed by atoms with Crippen LogP contribution in [0.1, 0.15) is 31.1 Å². The molecule has 5 atom stereocenters. The third kappa shape index (κ3) is 6.79. The summed E-state index contributed by atoms with van der Waals surface area (Å²) in [5.74, 6) is -2.27. The van der Waals surface area contributed by atoms with Crippen molar-refractivity contribution in [2.24, 2.45) is 4.99 Å². The standard InChI is InChI=1S/C21H25NO9S/c1-11(23)28-10-16-18(29-12(2)24)17(22-4)19(30-13(3)25)21(31-16)32-15-8-6-7-14(9-15)20(26)27-5/h6-9,16-19,21H,4,10H2,1-3,5H3/t16?,17?,18-,19?,21+/m0/s1. The van der Waals surface area contributed by atoms with Crippen LogP contribution in [0.3, 0.4) is 0 Å². The summed E-state index contributed by atoms with van der Waals surface area (Å²) in [6, 6.07) is 5.70. The van der Waals surface area contributed by atoms with Crippen molar-refractivity contribution >= 4 is 42.4 Å². The van der Waals surface area contributed by atoms with E-state index in [1.54, 1.807) is 24.3 Å². The highest BCUT2D eigenvalue weighted by Crippen LogP contribution is 2.37. The van der Waals surface area contributed by atoms with Gasteiger partial charge in [-0.2, -0.15) is 0 Å². The second-order valence-corrected chi connectivity index (χ2v) is 7.98. The summed E-state index contributed by atoms with van der Waals surface area (Å²) in [4.78, 5) is 51.3. The number of thioether (sulfide) groups is 1. The van der Waals surface area contributed by atoms with Gasteiger partial charge in [0.1, 0.15) is 24.2 Å². The maximum absolute atomic E-state index is 11.9. The summed E-state index contributed by atoms with van der Waals surface area (Å²) in [5.41, 5.74) is -0.514. The summed E-state index contributed by atoms with van der Waals surface area (Å²) in [7, 11) is 1.28. The van der Waals surface area contributed by atoms with Crippen LogP contribution in [-0.2, 0) is 38.1 Å². The van der Waals surface area contributed by atoms with Crippen LogP contribution in [0, 0.1) is 0 Å². The molecule has 1 aromatic carbocycles. The van der Waals surface area contributed by atoms with Gasteiger partial charge in [-0.25, -0.2) is 4.79 Å². The summed E-state index contributed by atoms with van der Waals surface area (Å²) < 4.78 is 26.7. The molecule has 0 bridgehead atoms. The van der Waals surface area contributed by atoms with Crippen LogP contribution in [0.5, 0.6) is 0 Å². The van der Waals surface area contributed by atoms with Crippen LogP contribution >= 0.6 is 11.8 Å². The zero-order valence-corrected chi connectivity index (χ0v) is 19.0. The summed E-state index contributed by atoms with van der Waals surface area (Å²) in [6.07, 6.45) is -2.88. The maximum atomic E-state index is 11.9. The molecule has 1 aromatic rings. The zero-order chi connectivity index (χ0) is 23.8. The Morgan fingerprint density at radius 2 is 1.72 bits per heavy atom. The van der Waals surface area contributed by atoms with Gasteiger partial charge in [-0.3, -0.25) is 19.4 Å². The predicted molar refractivity (Wildman–Crippen MR) is 113 cm³/mol. The third-order valence-corrected chi connectivity index (χ3v) is 5.53. The molecule has 0 saturated carbocycles. The topological polar surface area (TPSA) is 127 Å². The molecular formula is C21H25NO9S. The number of carbonyl (C=O) groups excluding carboxylic acids is 4. The predicted octanol–water partition coefficient (Wildman–Crippen LogP) is 1.79. The van der Waals surface area contributed by atoms with Crippen molar-refractivity contribution in [2.45, 2.75) is 55.5 Å². The monoisotopic (exact) mass is 467 g/mol. The van der Waals surface area contributed by atoms with Gasteiger partial charge in [-0.05, 0) is 24.9 Å². The van der Waals surface area contributed by atoms with Gasteiger partial charge in [0.2, 0.25) is 0 Å². The Balaban J connectivity index is 2.39. The molecule has 3 unspecified atom stereocenters. The molecule has 2 rings (SSSR count). The first-order valence-electron chi connectivity index (χ1n) is 9.60. The first-order valence-corrected chi connectivity index (χ1v) is 10.5. The molecule has 11 heteroatoms. The SMILES string of the molecule is C=NC1C(OC(C)=O)[C@@H](Sc2cccc(C(=O)OC)c2)OC(COC(C)=O)[C@@H]1OC(C)=O. The average Bonchev–Trinajstić information content (AvgIpc) is 2.73. The minimum absolute atomic E-state index is 0.217. The highest BCUT2D eigenvalue weighted by Gasteiger charge is 2.50.